The molecule has 3 heteroatoms. The third-order valence-corrected chi connectivity index (χ3v) is 9.24. The Morgan fingerprint density at radius 1 is 0.476 bits per heavy atom. The molecule has 0 radical (unpaired) electrons. The van der Waals surface area contributed by atoms with E-state index in [4.69, 9.17) is 4.74 Å². The van der Waals surface area contributed by atoms with Crippen molar-refractivity contribution in [1.82, 2.24) is 4.90 Å². The van der Waals surface area contributed by atoms with Crippen molar-refractivity contribution in [3.63, 3.8) is 0 Å². The van der Waals surface area contributed by atoms with Gasteiger partial charge in [-0.1, -0.05) is 168 Å². The minimum atomic E-state index is 0.0648. The van der Waals surface area contributed by atoms with Crippen LogP contribution in [-0.2, 0) is 9.53 Å². The molecule has 0 aromatic carbocycles. The molecular weight excluding hydrogens is 514 g/mol. The van der Waals surface area contributed by atoms with Crippen molar-refractivity contribution in [1.29, 1.82) is 0 Å². The number of nitrogens with zero attached hydrogens (tertiary/aromatic N) is 1. The van der Waals surface area contributed by atoms with E-state index < -0.39 is 0 Å². The van der Waals surface area contributed by atoms with E-state index in [1.54, 1.807) is 0 Å². The summed E-state index contributed by atoms with van der Waals surface area (Å²) < 4.78 is 6.37. The van der Waals surface area contributed by atoms with Gasteiger partial charge >= 0.3 is 5.97 Å². The highest BCUT2D eigenvalue weighted by molar-refractivity contribution is 5.69. The molecule has 3 nitrogen and oxygen atoms in total. The summed E-state index contributed by atoms with van der Waals surface area (Å²) in [4.78, 5) is 15.2. The van der Waals surface area contributed by atoms with Crippen LogP contribution in [0.15, 0.2) is 0 Å². The lowest BCUT2D eigenvalue weighted by Crippen LogP contribution is -2.27. The fraction of sp³-hybridized carbons (Fsp3) is 0.974. The van der Waals surface area contributed by atoms with Crippen molar-refractivity contribution >= 4 is 5.97 Å². The van der Waals surface area contributed by atoms with Gasteiger partial charge in [-0.05, 0) is 65.1 Å². The second kappa shape index (κ2) is 33.3. The van der Waals surface area contributed by atoms with Gasteiger partial charge in [0.25, 0.3) is 0 Å². The fourth-order valence-corrected chi connectivity index (χ4v) is 6.39. The predicted molar refractivity (Wildman–Crippen MR) is 187 cm³/mol. The van der Waals surface area contributed by atoms with Crippen molar-refractivity contribution in [2.75, 3.05) is 20.6 Å². The number of carbonyl (C=O) groups excluding carboxylic acids is 1. The van der Waals surface area contributed by atoms with Gasteiger partial charge in [0.1, 0.15) is 6.10 Å². The normalized spacial score (nSPS) is 13.1. The summed E-state index contributed by atoms with van der Waals surface area (Å²) in [6, 6.07) is 0. The number of hydrogen-bond donors (Lipinski definition) is 0. The highest BCUT2D eigenvalue weighted by Crippen LogP contribution is 2.28. The minimum absolute atomic E-state index is 0.0648. The maximum Gasteiger partial charge on any atom is 0.306 e. The van der Waals surface area contributed by atoms with Gasteiger partial charge in [0.15, 0.2) is 0 Å². The molecule has 42 heavy (non-hydrogen) atoms. The molecule has 0 aromatic heterocycles. The maximum atomic E-state index is 13.0. The molecule has 0 amide bonds. The Morgan fingerprint density at radius 2 is 0.833 bits per heavy atom. The average Bonchev–Trinajstić information content (AvgIpc) is 2.97. The maximum absolute atomic E-state index is 13.0. The van der Waals surface area contributed by atoms with Crippen LogP contribution in [0.2, 0.25) is 0 Å². The molecule has 0 saturated heterocycles. The van der Waals surface area contributed by atoms with E-state index in [1.165, 1.54) is 167 Å². The SMILES string of the molecule is CCCCCCCCCCCC(CCCCCCCCC)C(CCCCCCCCCC)OC(=O)CCCCN(C)C. The van der Waals surface area contributed by atoms with Crippen LogP contribution in [0.1, 0.15) is 213 Å². The highest BCUT2D eigenvalue weighted by Gasteiger charge is 2.24. The molecule has 252 valence electrons. The van der Waals surface area contributed by atoms with Gasteiger partial charge in [-0.25, -0.2) is 0 Å². The van der Waals surface area contributed by atoms with Gasteiger partial charge in [-0.3, -0.25) is 4.79 Å². The van der Waals surface area contributed by atoms with Gasteiger partial charge in [-0.2, -0.15) is 0 Å². The van der Waals surface area contributed by atoms with Gasteiger partial charge in [-0.15, -0.1) is 0 Å². The van der Waals surface area contributed by atoms with Crippen molar-refractivity contribution in [3.05, 3.63) is 0 Å². The van der Waals surface area contributed by atoms with E-state index in [0.717, 1.165) is 25.8 Å². The fourth-order valence-electron chi connectivity index (χ4n) is 6.39. The van der Waals surface area contributed by atoms with Crippen molar-refractivity contribution in [2.45, 2.75) is 219 Å². The predicted octanol–water partition coefficient (Wildman–Crippen LogP) is 12.8. The van der Waals surface area contributed by atoms with Crippen molar-refractivity contribution < 1.29 is 9.53 Å². The molecule has 0 saturated carbocycles. The van der Waals surface area contributed by atoms with E-state index in [9.17, 15) is 4.79 Å². The molecule has 0 aliphatic heterocycles. The first kappa shape index (κ1) is 41.4. The van der Waals surface area contributed by atoms with Gasteiger partial charge in [0, 0.05) is 6.42 Å². The van der Waals surface area contributed by atoms with E-state index in [2.05, 4.69) is 39.8 Å². The number of unbranched alkanes of at least 4 members (excludes halogenated alkanes) is 22. The minimum Gasteiger partial charge on any atom is -0.462 e. The number of carbonyl (C=O) groups is 1. The summed E-state index contributed by atoms with van der Waals surface area (Å²) >= 11 is 0. The molecule has 0 aliphatic carbocycles. The van der Waals surface area contributed by atoms with Crippen LogP contribution in [0.25, 0.3) is 0 Å². The lowest BCUT2D eigenvalue weighted by molar-refractivity contribution is -0.153. The molecule has 0 fully saturated rings. The Bertz CT molecular complexity index is 534. The van der Waals surface area contributed by atoms with E-state index in [1.807, 2.05) is 0 Å². The summed E-state index contributed by atoms with van der Waals surface area (Å²) in [5.74, 6) is 0.621. The largest absolute Gasteiger partial charge is 0.462 e. The average molecular weight is 594 g/mol. The van der Waals surface area contributed by atoms with Crippen molar-refractivity contribution in [2.24, 2.45) is 5.92 Å². The molecule has 0 N–H and O–H groups in total. The topological polar surface area (TPSA) is 29.5 Å². The zero-order valence-electron chi connectivity index (χ0n) is 29.8. The summed E-state index contributed by atoms with van der Waals surface area (Å²) in [7, 11) is 4.22. The quantitative estimate of drug-likeness (QED) is 0.0549. The van der Waals surface area contributed by atoms with Gasteiger partial charge < -0.3 is 9.64 Å². The second-order valence-corrected chi connectivity index (χ2v) is 13.8. The summed E-state index contributed by atoms with van der Waals surface area (Å²) in [5, 5.41) is 0. The third-order valence-electron chi connectivity index (χ3n) is 9.24. The van der Waals surface area contributed by atoms with Crippen LogP contribution in [-0.4, -0.2) is 37.6 Å². The number of ether oxygens (including phenoxy) is 1. The third kappa shape index (κ3) is 29.5. The van der Waals surface area contributed by atoms with Crippen LogP contribution in [0.4, 0.5) is 0 Å². The van der Waals surface area contributed by atoms with Crippen LogP contribution in [0, 0.1) is 5.92 Å². The van der Waals surface area contributed by atoms with Crippen LogP contribution >= 0.6 is 0 Å². The first-order chi connectivity index (χ1) is 20.5. The van der Waals surface area contributed by atoms with Crippen molar-refractivity contribution in [3.8, 4) is 0 Å². The van der Waals surface area contributed by atoms with Gasteiger partial charge in [0.05, 0.1) is 0 Å². The number of esters is 1. The Labute approximate surface area is 266 Å². The summed E-state index contributed by atoms with van der Waals surface area (Å²) in [5.41, 5.74) is 0. The summed E-state index contributed by atoms with van der Waals surface area (Å²) in [6.07, 6.45) is 39.0. The van der Waals surface area contributed by atoms with Gasteiger partial charge in [0.2, 0.25) is 0 Å². The van der Waals surface area contributed by atoms with E-state index in [0.29, 0.717) is 12.3 Å². The zero-order valence-corrected chi connectivity index (χ0v) is 29.8. The zero-order chi connectivity index (χ0) is 30.9. The summed E-state index contributed by atoms with van der Waals surface area (Å²) in [6.45, 7) is 7.94. The smallest absolute Gasteiger partial charge is 0.306 e. The number of hydrogen-bond acceptors (Lipinski definition) is 3. The molecule has 0 bridgehead atoms. The van der Waals surface area contributed by atoms with Crippen LogP contribution in [0.3, 0.4) is 0 Å². The van der Waals surface area contributed by atoms with Crippen LogP contribution < -0.4 is 0 Å². The lowest BCUT2D eigenvalue weighted by Gasteiger charge is -2.28. The standard InChI is InChI=1S/C39H79NO2/c1-6-9-12-15-18-20-22-25-28-33-37(32-27-24-21-17-14-11-8-3)38(34-29-26-23-19-16-13-10-7-2)42-39(41)35-30-31-36-40(4)5/h37-38H,6-36H2,1-5H3. The second-order valence-electron chi connectivity index (χ2n) is 13.8. The Kier molecular flexibility index (Phi) is 32.9. The molecule has 0 spiro atoms. The van der Waals surface area contributed by atoms with Crippen LogP contribution in [0.5, 0.6) is 0 Å². The van der Waals surface area contributed by atoms with E-state index >= 15 is 0 Å². The molecule has 0 heterocycles. The monoisotopic (exact) mass is 594 g/mol. The molecule has 2 unspecified atom stereocenters. The molecule has 0 aliphatic rings. The molecular formula is C39H79NO2. The first-order valence-corrected chi connectivity index (χ1v) is 19.4. The molecule has 2 atom stereocenters. The Morgan fingerprint density at radius 3 is 1.21 bits per heavy atom. The Hall–Kier alpha value is -0.570. The highest BCUT2D eigenvalue weighted by atomic mass is 16.5. The lowest BCUT2D eigenvalue weighted by atomic mass is 9.87. The van der Waals surface area contributed by atoms with E-state index in [-0.39, 0.29) is 12.1 Å². The Balaban J connectivity index is 4.92. The molecule has 0 aromatic rings. The number of rotatable bonds is 34. The molecule has 0 rings (SSSR count). The first-order valence-electron chi connectivity index (χ1n) is 19.4.